The van der Waals surface area contributed by atoms with E-state index in [1.807, 2.05) is 6.07 Å². The second-order valence-electron chi connectivity index (χ2n) is 3.66. The van der Waals surface area contributed by atoms with Gasteiger partial charge in [-0.3, -0.25) is 25.4 Å². The number of carbonyl (C=O) groups is 2. The second kappa shape index (κ2) is 6.28. The summed E-state index contributed by atoms with van der Waals surface area (Å²) in [5.41, 5.74) is 5.56. The van der Waals surface area contributed by atoms with Crippen LogP contribution in [0.5, 0.6) is 0 Å². The smallest absolute Gasteiger partial charge is 0.267 e. The molecule has 0 spiro atoms. The normalized spacial score (nSPS) is 9.74. The van der Waals surface area contributed by atoms with Crippen LogP contribution in [-0.4, -0.2) is 16.8 Å². The van der Waals surface area contributed by atoms with Crippen molar-refractivity contribution in [3.05, 3.63) is 63.5 Å². The Morgan fingerprint density at radius 1 is 1.00 bits per heavy atom. The maximum atomic E-state index is 11.8. The molecule has 0 fully saturated rings. The fraction of sp³-hybridized carbons (Fsp3) is 0. The summed E-state index contributed by atoms with van der Waals surface area (Å²) in [7, 11) is 0. The Morgan fingerprint density at radius 3 is 2.32 bits per heavy atom. The molecule has 96 valence electrons. The molecule has 0 aliphatic carbocycles. The molecule has 5 nitrogen and oxygen atoms in total. The van der Waals surface area contributed by atoms with Gasteiger partial charge < -0.3 is 0 Å². The Labute approximate surface area is 123 Å². The van der Waals surface area contributed by atoms with Crippen LogP contribution in [0.3, 0.4) is 0 Å². The van der Waals surface area contributed by atoms with E-state index in [0.29, 0.717) is 11.1 Å². The molecule has 2 rings (SSSR count). The minimum absolute atomic E-state index is 0.365. The van der Waals surface area contributed by atoms with Crippen molar-refractivity contribution < 1.29 is 9.59 Å². The first kappa shape index (κ1) is 13.5. The van der Waals surface area contributed by atoms with E-state index < -0.39 is 5.91 Å². The molecule has 0 aliphatic rings. The van der Waals surface area contributed by atoms with Crippen LogP contribution in [0.1, 0.15) is 20.7 Å². The highest BCUT2D eigenvalue weighted by molar-refractivity contribution is 14.1. The topological polar surface area (TPSA) is 71.1 Å². The van der Waals surface area contributed by atoms with Gasteiger partial charge in [-0.25, -0.2) is 0 Å². The molecule has 0 saturated carbocycles. The van der Waals surface area contributed by atoms with E-state index in [2.05, 4.69) is 38.4 Å². The van der Waals surface area contributed by atoms with E-state index in [9.17, 15) is 9.59 Å². The Kier molecular flexibility index (Phi) is 4.45. The van der Waals surface area contributed by atoms with Crippen molar-refractivity contribution in [2.24, 2.45) is 0 Å². The average Bonchev–Trinajstić information content (AvgIpc) is 2.45. The fourth-order valence-corrected chi connectivity index (χ4v) is 1.93. The molecule has 0 saturated heterocycles. The standard InChI is InChI=1S/C13H10IN3O2/c14-11-5-1-3-9(7-11)12(18)16-17-13(19)10-4-2-6-15-8-10/h1-8H,(H,16,18)(H,17,19). The number of pyridine rings is 1. The van der Waals surface area contributed by atoms with Crippen molar-refractivity contribution in [1.29, 1.82) is 0 Å². The first-order valence-corrected chi connectivity index (χ1v) is 6.51. The van der Waals surface area contributed by atoms with Gasteiger partial charge in [0.1, 0.15) is 0 Å². The van der Waals surface area contributed by atoms with Gasteiger partial charge >= 0.3 is 0 Å². The van der Waals surface area contributed by atoms with Crippen LogP contribution < -0.4 is 10.9 Å². The number of halogens is 1. The molecule has 2 aromatic rings. The fourth-order valence-electron chi connectivity index (χ4n) is 1.38. The molecule has 19 heavy (non-hydrogen) atoms. The summed E-state index contributed by atoms with van der Waals surface area (Å²) >= 11 is 2.11. The first-order chi connectivity index (χ1) is 9.16. The maximum absolute atomic E-state index is 11.8. The van der Waals surface area contributed by atoms with Gasteiger partial charge in [-0.15, -0.1) is 0 Å². The largest absolute Gasteiger partial charge is 0.271 e. The molecule has 1 aromatic carbocycles. The Bertz CT molecular complexity index is 602. The third-order valence-corrected chi connectivity index (χ3v) is 2.97. The van der Waals surface area contributed by atoms with Gasteiger partial charge in [0.25, 0.3) is 11.8 Å². The van der Waals surface area contributed by atoms with Gasteiger partial charge in [-0.2, -0.15) is 0 Å². The zero-order valence-electron chi connectivity index (χ0n) is 9.76. The number of hydrazine groups is 1. The predicted molar refractivity (Wildman–Crippen MR) is 78.3 cm³/mol. The lowest BCUT2D eigenvalue weighted by molar-refractivity contribution is 0.0846. The van der Waals surface area contributed by atoms with E-state index in [1.54, 1.807) is 36.5 Å². The van der Waals surface area contributed by atoms with Crippen molar-refractivity contribution >= 4 is 34.4 Å². The van der Waals surface area contributed by atoms with Crippen LogP contribution >= 0.6 is 22.6 Å². The molecular formula is C13H10IN3O2. The van der Waals surface area contributed by atoms with E-state index >= 15 is 0 Å². The van der Waals surface area contributed by atoms with Crippen molar-refractivity contribution in [3.8, 4) is 0 Å². The summed E-state index contributed by atoms with van der Waals surface area (Å²) in [5, 5.41) is 0. The SMILES string of the molecule is O=C(NNC(=O)c1cccc(I)c1)c1cccnc1. The number of hydrogen-bond donors (Lipinski definition) is 2. The summed E-state index contributed by atoms with van der Waals surface area (Å²) < 4.78 is 0.948. The molecule has 0 radical (unpaired) electrons. The molecule has 0 atom stereocenters. The highest BCUT2D eigenvalue weighted by Gasteiger charge is 2.08. The van der Waals surface area contributed by atoms with Gasteiger partial charge in [0.15, 0.2) is 0 Å². The van der Waals surface area contributed by atoms with E-state index in [1.165, 1.54) is 6.20 Å². The Hall–Kier alpha value is -1.96. The van der Waals surface area contributed by atoms with E-state index in [-0.39, 0.29) is 5.91 Å². The van der Waals surface area contributed by atoms with Gasteiger partial charge in [-0.1, -0.05) is 6.07 Å². The maximum Gasteiger partial charge on any atom is 0.271 e. The molecule has 2 amide bonds. The molecule has 6 heteroatoms. The van der Waals surface area contributed by atoms with Gasteiger partial charge in [0, 0.05) is 21.5 Å². The van der Waals surface area contributed by atoms with Crippen LogP contribution in [0.15, 0.2) is 48.8 Å². The van der Waals surface area contributed by atoms with E-state index in [4.69, 9.17) is 0 Å². The number of nitrogens with zero attached hydrogens (tertiary/aromatic N) is 1. The summed E-state index contributed by atoms with van der Waals surface area (Å²) in [5.74, 6) is -0.775. The Morgan fingerprint density at radius 2 is 1.68 bits per heavy atom. The number of amides is 2. The van der Waals surface area contributed by atoms with Crippen LogP contribution in [0.25, 0.3) is 0 Å². The molecule has 1 heterocycles. The number of hydrogen-bond acceptors (Lipinski definition) is 3. The number of rotatable bonds is 2. The van der Waals surface area contributed by atoms with Crippen LogP contribution in [0.4, 0.5) is 0 Å². The highest BCUT2D eigenvalue weighted by atomic mass is 127. The predicted octanol–water partition coefficient (Wildman–Crippen LogP) is 1.76. The summed E-state index contributed by atoms with van der Waals surface area (Å²) in [4.78, 5) is 27.3. The van der Waals surface area contributed by atoms with Crippen LogP contribution in [0.2, 0.25) is 0 Å². The summed E-state index contributed by atoms with van der Waals surface area (Å²) in [6, 6.07) is 10.3. The van der Waals surface area contributed by atoms with Crippen LogP contribution in [0, 0.1) is 3.57 Å². The lowest BCUT2D eigenvalue weighted by Crippen LogP contribution is -2.41. The van der Waals surface area contributed by atoms with Crippen molar-refractivity contribution in [2.45, 2.75) is 0 Å². The third kappa shape index (κ3) is 3.75. The summed E-state index contributed by atoms with van der Waals surface area (Å²) in [6.45, 7) is 0. The quantitative estimate of drug-likeness (QED) is 0.628. The molecule has 2 N–H and O–H groups in total. The molecule has 0 aliphatic heterocycles. The minimum atomic E-state index is -0.410. The second-order valence-corrected chi connectivity index (χ2v) is 4.91. The van der Waals surface area contributed by atoms with Gasteiger partial charge in [0.2, 0.25) is 0 Å². The Balaban J connectivity index is 1.96. The lowest BCUT2D eigenvalue weighted by Gasteiger charge is -2.07. The van der Waals surface area contributed by atoms with Gasteiger partial charge in [0.05, 0.1) is 5.56 Å². The minimum Gasteiger partial charge on any atom is -0.267 e. The first-order valence-electron chi connectivity index (χ1n) is 5.43. The number of benzene rings is 1. The lowest BCUT2D eigenvalue weighted by atomic mass is 10.2. The van der Waals surface area contributed by atoms with E-state index in [0.717, 1.165) is 3.57 Å². The average molecular weight is 367 g/mol. The molecule has 0 bridgehead atoms. The molecule has 1 aromatic heterocycles. The van der Waals surface area contributed by atoms with Crippen molar-refractivity contribution in [3.63, 3.8) is 0 Å². The van der Waals surface area contributed by atoms with Crippen molar-refractivity contribution in [2.75, 3.05) is 0 Å². The summed E-state index contributed by atoms with van der Waals surface area (Å²) in [6.07, 6.45) is 2.99. The van der Waals surface area contributed by atoms with Gasteiger partial charge in [-0.05, 0) is 52.9 Å². The third-order valence-electron chi connectivity index (χ3n) is 2.30. The molecule has 0 unspecified atom stereocenters. The number of carbonyl (C=O) groups excluding carboxylic acids is 2. The zero-order valence-corrected chi connectivity index (χ0v) is 11.9. The highest BCUT2D eigenvalue weighted by Crippen LogP contribution is 2.07. The van der Waals surface area contributed by atoms with Crippen molar-refractivity contribution in [1.82, 2.24) is 15.8 Å². The number of aromatic nitrogens is 1. The van der Waals surface area contributed by atoms with Crippen LogP contribution in [-0.2, 0) is 0 Å². The monoisotopic (exact) mass is 367 g/mol. The number of nitrogens with one attached hydrogen (secondary N) is 2. The zero-order chi connectivity index (χ0) is 13.7. The molecular weight excluding hydrogens is 357 g/mol.